The molecule has 1 amide bonds. The van der Waals surface area contributed by atoms with Gasteiger partial charge in [-0.1, -0.05) is 36.4 Å². The number of aromatic amines is 1. The number of amides is 1. The lowest BCUT2D eigenvalue weighted by Crippen LogP contribution is -2.12. The summed E-state index contributed by atoms with van der Waals surface area (Å²) < 4.78 is 0. The van der Waals surface area contributed by atoms with E-state index in [2.05, 4.69) is 32.6 Å². The van der Waals surface area contributed by atoms with E-state index >= 15 is 0 Å². The van der Waals surface area contributed by atoms with Gasteiger partial charge >= 0.3 is 0 Å². The van der Waals surface area contributed by atoms with Crippen LogP contribution >= 0.6 is 0 Å². The topological polar surface area (TPSA) is 70.7 Å². The summed E-state index contributed by atoms with van der Waals surface area (Å²) in [7, 11) is 0. The number of fused-ring (bicyclic) bond motifs is 1. The van der Waals surface area contributed by atoms with E-state index in [1.165, 1.54) is 0 Å². The number of rotatable bonds is 3. The van der Waals surface area contributed by atoms with Crippen molar-refractivity contribution in [2.24, 2.45) is 0 Å². The SMILES string of the molecule is O=C(Nc1n[nH]c2ccc(-c3ccccc3)cc12)c1ccncc1. The van der Waals surface area contributed by atoms with Gasteiger partial charge in [0.15, 0.2) is 5.82 Å². The molecule has 0 fully saturated rings. The highest BCUT2D eigenvalue weighted by Crippen LogP contribution is 2.27. The fourth-order valence-corrected chi connectivity index (χ4v) is 2.60. The van der Waals surface area contributed by atoms with Crippen LogP contribution < -0.4 is 5.32 Å². The van der Waals surface area contributed by atoms with E-state index in [1.54, 1.807) is 24.5 Å². The lowest BCUT2D eigenvalue weighted by atomic mass is 10.0. The molecule has 4 aromatic rings. The number of aromatic nitrogens is 3. The van der Waals surface area contributed by atoms with Crippen LogP contribution in [-0.4, -0.2) is 21.1 Å². The first-order valence-electron chi connectivity index (χ1n) is 7.56. The average molecular weight is 314 g/mol. The van der Waals surface area contributed by atoms with Crippen LogP contribution in [0.15, 0.2) is 73.1 Å². The largest absolute Gasteiger partial charge is 0.305 e. The zero-order valence-corrected chi connectivity index (χ0v) is 12.7. The molecule has 2 N–H and O–H groups in total. The lowest BCUT2D eigenvalue weighted by Gasteiger charge is -2.04. The number of nitrogens with one attached hydrogen (secondary N) is 2. The number of H-pyrrole nitrogens is 1. The highest BCUT2D eigenvalue weighted by molar-refractivity contribution is 6.08. The molecule has 0 aliphatic carbocycles. The van der Waals surface area contributed by atoms with Crippen molar-refractivity contribution in [3.8, 4) is 11.1 Å². The zero-order chi connectivity index (χ0) is 16.4. The van der Waals surface area contributed by atoms with E-state index in [4.69, 9.17) is 0 Å². The van der Waals surface area contributed by atoms with Crippen LogP contribution in [0.25, 0.3) is 22.0 Å². The Balaban J connectivity index is 1.70. The zero-order valence-electron chi connectivity index (χ0n) is 12.7. The Morgan fingerprint density at radius 3 is 2.50 bits per heavy atom. The summed E-state index contributed by atoms with van der Waals surface area (Å²) in [6.45, 7) is 0. The number of anilines is 1. The number of benzene rings is 2. The van der Waals surface area contributed by atoms with E-state index < -0.39 is 0 Å². The van der Waals surface area contributed by atoms with Gasteiger partial charge in [-0.3, -0.25) is 14.9 Å². The standard InChI is InChI=1S/C19H14N4O/c24-19(14-8-10-20-11-9-14)21-18-16-12-15(6-7-17(16)22-23-18)13-4-2-1-3-5-13/h1-12H,(H2,21,22,23,24). The summed E-state index contributed by atoms with van der Waals surface area (Å²) >= 11 is 0. The van der Waals surface area contributed by atoms with Crippen molar-refractivity contribution < 1.29 is 4.79 Å². The maximum atomic E-state index is 12.3. The highest BCUT2D eigenvalue weighted by atomic mass is 16.1. The molecule has 0 aliphatic rings. The van der Waals surface area contributed by atoms with Gasteiger partial charge in [-0.25, -0.2) is 0 Å². The fourth-order valence-electron chi connectivity index (χ4n) is 2.60. The normalized spacial score (nSPS) is 10.7. The maximum absolute atomic E-state index is 12.3. The molecule has 24 heavy (non-hydrogen) atoms. The third-order valence-corrected chi connectivity index (χ3v) is 3.84. The monoisotopic (exact) mass is 314 g/mol. The van der Waals surface area contributed by atoms with Crippen LogP contribution in [0.5, 0.6) is 0 Å². The molecule has 2 aromatic heterocycles. The third kappa shape index (κ3) is 2.63. The van der Waals surface area contributed by atoms with Crippen molar-refractivity contribution in [1.82, 2.24) is 15.2 Å². The van der Waals surface area contributed by atoms with Gasteiger partial charge in [-0.05, 0) is 35.4 Å². The van der Waals surface area contributed by atoms with Gasteiger partial charge in [0, 0.05) is 23.3 Å². The Kier molecular flexibility index (Phi) is 3.51. The van der Waals surface area contributed by atoms with Crippen molar-refractivity contribution >= 4 is 22.6 Å². The second-order valence-corrected chi connectivity index (χ2v) is 5.39. The molecule has 0 radical (unpaired) electrons. The molecule has 0 spiro atoms. The Morgan fingerprint density at radius 1 is 0.917 bits per heavy atom. The molecule has 0 unspecified atom stereocenters. The Hall–Kier alpha value is -3.47. The van der Waals surface area contributed by atoms with Crippen LogP contribution in [-0.2, 0) is 0 Å². The molecule has 0 bridgehead atoms. The summed E-state index contributed by atoms with van der Waals surface area (Å²) in [4.78, 5) is 16.2. The number of hydrogen-bond acceptors (Lipinski definition) is 3. The van der Waals surface area contributed by atoms with Gasteiger partial charge in [0.05, 0.1) is 5.52 Å². The van der Waals surface area contributed by atoms with Crippen molar-refractivity contribution in [1.29, 1.82) is 0 Å². The lowest BCUT2D eigenvalue weighted by molar-refractivity contribution is 0.102. The first kappa shape index (κ1) is 14.1. The van der Waals surface area contributed by atoms with Crippen LogP contribution in [0.2, 0.25) is 0 Å². The molecule has 116 valence electrons. The molecule has 0 saturated heterocycles. The number of hydrogen-bond donors (Lipinski definition) is 2. The van der Waals surface area contributed by atoms with Crippen LogP contribution in [0.1, 0.15) is 10.4 Å². The first-order valence-corrected chi connectivity index (χ1v) is 7.56. The van der Waals surface area contributed by atoms with E-state index in [-0.39, 0.29) is 5.91 Å². The van der Waals surface area contributed by atoms with Crippen LogP contribution in [0.4, 0.5) is 5.82 Å². The molecule has 0 atom stereocenters. The molecule has 0 aliphatic heterocycles. The van der Waals surface area contributed by atoms with E-state index in [1.807, 2.05) is 36.4 Å². The van der Waals surface area contributed by atoms with E-state index in [0.717, 1.165) is 22.0 Å². The summed E-state index contributed by atoms with van der Waals surface area (Å²) in [5.41, 5.74) is 3.61. The quantitative estimate of drug-likeness (QED) is 0.603. The van der Waals surface area contributed by atoms with Crippen molar-refractivity contribution in [3.63, 3.8) is 0 Å². The van der Waals surface area contributed by atoms with Gasteiger partial charge in [-0.2, -0.15) is 5.10 Å². The van der Waals surface area contributed by atoms with Crippen molar-refractivity contribution in [2.45, 2.75) is 0 Å². The Morgan fingerprint density at radius 2 is 1.71 bits per heavy atom. The van der Waals surface area contributed by atoms with Gasteiger partial charge in [0.1, 0.15) is 0 Å². The molecular weight excluding hydrogens is 300 g/mol. The molecule has 2 heterocycles. The minimum absolute atomic E-state index is 0.212. The summed E-state index contributed by atoms with van der Waals surface area (Å²) in [5.74, 6) is 0.306. The predicted octanol–water partition coefficient (Wildman–Crippen LogP) is 3.88. The highest BCUT2D eigenvalue weighted by Gasteiger charge is 2.12. The Labute approximate surface area is 138 Å². The minimum atomic E-state index is -0.212. The molecule has 5 nitrogen and oxygen atoms in total. The maximum Gasteiger partial charge on any atom is 0.256 e. The summed E-state index contributed by atoms with van der Waals surface area (Å²) in [6.07, 6.45) is 3.18. The van der Waals surface area contributed by atoms with Gasteiger partial charge < -0.3 is 5.32 Å². The van der Waals surface area contributed by atoms with Crippen molar-refractivity contribution in [3.05, 3.63) is 78.6 Å². The number of pyridine rings is 1. The number of carbonyl (C=O) groups excluding carboxylic acids is 1. The van der Waals surface area contributed by atoms with E-state index in [0.29, 0.717) is 11.4 Å². The molecule has 0 saturated carbocycles. The van der Waals surface area contributed by atoms with E-state index in [9.17, 15) is 4.79 Å². The van der Waals surface area contributed by atoms with Crippen LogP contribution in [0.3, 0.4) is 0 Å². The van der Waals surface area contributed by atoms with Gasteiger partial charge in [0.2, 0.25) is 0 Å². The van der Waals surface area contributed by atoms with Crippen molar-refractivity contribution in [2.75, 3.05) is 5.32 Å². The minimum Gasteiger partial charge on any atom is -0.305 e. The summed E-state index contributed by atoms with van der Waals surface area (Å²) in [6, 6.07) is 19.4. The van der Waals surface area contributed by atoms with Gasteiger partial charge in [-0.15, -0.1) is 0 Å². The smallest absolute Gasteiger partial charge is 0.256 e. The number of carbonyl (C=O) groups is 1. The molecule has 2 aromatic carbocycles. The third-order valence-electron chi connectivity index (χ3n) is 3.84. The second-order valence-electron chi connectivity index (χ2n) is 5.39. The molecule has 5 heteroatoms. The first-order chi connectivity index (χ1) is 11.8. The van der Waals surface area contributed by atoms with Gasteiger partial charge in [0.25, 0.3) is 5.91 Å². The molecular formula is C19H14N4O. The summed E-state index contributed by atoms with van der Waals surface area (Å²) in [5, 5.41) is 10.9. The predicted molar refractivity (Wildman–Crippen MR) is 93.7 cm³/mol. The Bertz CT molecular complexity index is 994. The fraction of sp³-hybridized carbons (Fsp3) is 0. The molecule has 4 rings (SSSR count). The van der Waals surface area contributed by atoms with Crippen LogP contribution in [0, 0.1) is 0 Å². The second kappa shape index (κ2) is 5.96. The number of nitrogens with zero attached hydrogens (tertiary/aromatic N) is 2. The average Bonchev–Trinajstić information content (AvgIpc) is 3.05.